The van der Waals surface area contributed by atoms with E-state index < -0.39 is 0 Å². The van der Waals surface area contributed by atoms with E-state index >= 15 is 0 Å². The molecular weight excluding hydrogens is 288 g/mol. The third-order valence-corrected chi connectivity index (χ3v) is 3.91. The molecule has 1 atom stereocenters. The van der Waals surface area contributed by atoms with E-state index in [0.29, 0.717) is 0 Å². The molecule has 0 spiro atoms. The standard InChI is InChI=1S/C16H13BrO/c17-13-7-8-15-12(9-13)6-5-11-3-1-2-4-14(11)16(15)10-18/h1-9,16,18H,10H2. The van der Waals surface area contributed by atoms with E-state index in [1.165, 1.54) is 22.3 Å². The van der Waals surface area contributed by atoms with Crippen molar-refractivity contribution in [1.82, 2.24) is 0 Å². The van der Waals surface area contributed by atoms with Crippen LogP contribution < -0.4 is 0 Å². The quantitative estimate of drug-likeness (QED) is 0.842. The van der Waals surface area contributed by atoms with Crippen molar-refractivity contribution in [3.05, 3.63) is 69.2 Å². The molecule has 2 heteroatoms. The molecule has 1 aliphatic rings. The average molecular weight is 301 g/mol. The van der Waals surface area contributed by atoms with E-state index in [1.54, 1.807) is 0 Å². The summed E-state index contributed by atoms with van der Waals surface area (Å²) in [6.45, 7) is 0.132. The van der Waals surface area contributed by atoms with Crippen LogP contribution in [0.2, 0.25) is 0 Å². The molecule has 18 heavy (non-hydrogen) atoms. The molecule has 0 aromatic heterocycles. The molecule has 0 radical (unpaired) electrons. The molecule has 90 valence electrons. The fourth-order valence-electron chi connectivity index (χ4n) is 2.53. The van der Waals surface area contributed by atoms with Gasteiger partial charge in [-0.15, -0.1) is 0 Å². The normalized spacial score (nSPS) is 16.9. The zero-order chi connectivity index (χ0) is 12.5. The number of halogens is 1. The molecular formula is C16H13BrO. The SMILES string of the molecule is OCC1c2ccccc2C=Cc2cc(Br)ccc21. The smallest absolute Gasteiger partial charge is 0.0540 e. The van der Waals surface area contributed by atoms with Crippen LogP contribution in [-0.4, -0.2) is 11.7 Å². The average Bonchev–Trinajstić information content (AvgIpc) is 2.55. The molecule has 0 heterocycles. The molecule has 1 aliphatic carbocycles. The van der Waals surface area contributed by atoms with Crippen LogP contribution in [0.25, 0.3) is 12.2 Å². The van der Waals surface area contributed by atoms with Gasteiger partial charge < -0.3 is 5.11 Å². The molecule has 1 nitrogen and oxygen atoms in total. The Kier molecular flexibility index (Phi) is 3.06. The first-order valence-electron chi connectivity index (χ1n) is 5.97. The third-order valence-electron chi connectivity index (χ3n) is 3.42. The second-order valence-corrected chi connectivity index (χ2v) is 5.39. The number of hydrogen-bond acceptors (Lipinski definition) is 1. The van der Waals surface area contributed by atoms with Gasteiger partial charge in [0.1, 0.15) is 0 Å². The number of aliphatic hydroxyl groups excluding tert-OH is 1. The van der Waals surface area contributed by atoms with E-state index in [0.717, 1.165) is 4.47 Å². The van der Waals surface area contributed by atoms with Crippen molar-refractivity contribution >= 4 is 28.1 Å². The van der Waals surface area contributed by atoms with Gasteiger partial charge in [0.05, 0.1) is 6.61 Å². The minimum Gasteiger partial charge on any atom is -0.395 e. The predicted octanol–water partition coefficient (Wildman–Crippen LogP) is 4.06. The first-order valence-corrected chi connectivity index (χ1v) is 6.76. The summed E-state index contributed by atoms with van der Waals surface area (Å²) >= 11 is 3.50. The van der Waals surface area contributed by atoms with E-state index in [-0.39, 0.29) is 12.5 Å². The van der Waals surface area contributed by atoms with Crippen LogP contribution >= 0.6 is 15.9 Å². The first-order chi connectivity index (χ1) is 8.79. The lowest BCUT2D eigenvalue weighted by Gasteiger charge is -2.18. The zero-order valence-corrected chi connectivity index (χ0v) is 11.4. The fourth-order valence-corrected chi connectivity index (χ4v) is 2.91. The molecule has 0 amide bonds. The molecule has 0 saturated heterocycles. The molecule has 0 aliphatic heterocycles. The van der Waals surface area contributed by atoms with Crippen LogP contribution in [0.3, 0.4) is 0 Å². The van der Waals surface area contributed by atoms with Crippen molar-refractivity contribution < 1.29 is 5.11 Å². The van der Waals surface area contributed by atoms with Crippen molar-refractivity contribution in [3.63, 3.8) is 0 Å². The van der Waals surface area contributed by atoms with Crippen LogP contribution in [0.4, 0.5) is 0 Å². The maximum Gasteiger partial charge on any atom is 0.0540 e. The number of hydrogen-bond donors (Lipinski definition) is 1. The van der Waals surface area contributed by atoms with Crippen LogP contribution in [0.1, 0.15) is 28.2 Å². The maximum absolute atomic E-state index is 9.74. The Balaban J connectivity index is 2.25. The number of aliphatic hydroxyl groups is 1. The summed E-state index contributed by atoms with van der Waals surface area (Å²) in [7, 11) is 0. The van der Waals surface area contributed by atoms with Gasteiger partial charge >= 0.3 is 0 Å². The van der Waals surface area contributed by atoms with Crippen molar-refractivity contribution in [3.8, 4) is 0 Å². The molecule has 1 N–H and O–H groups in total. The van der Waals surface area contributed by atoms with Gasteiger partial charge in [0.25, 0.3) is 0 Å². The summed E-state index contributed by atoms with van der Waals surface area (Å²) in [5.74, 6) is 0.0549. The topological polar surface area (TPSA) is 20.2 Å². The Hall–Kier alpha value is -1.38. The molecule has 3 rings (SSSR count). The highest BCUT2D eigenvalue weighted by Gasteiger charge is 2.20. The van der Waals surface area contributed by atoms with Crippen LogP contribution in [0.15, 0.2) is 46.9 Å². The highest BCUT2D eigenvalue weighted by atomic mass is 79.9. The fraction of sp³-hybridized carbons (Fsp3) is 0.125. The third kappa shape index (κ3) is 1.92. The van der Waals surface area contributed by atoms with E-state index in [4.69, 9.17) is 0 Å². The zero-order valence-electron chi connectivity index (χ0n) is 9.81. The Bertz CT molecular complexity index is 616. The molecule has 0 fully saturated rings. The Morgan fingerprint density at radius 3 is 2.50 bits per heavy atom. The van der Waals surface area contributed by atoms with E-state index in [1.807, 2.05) is 18.2 Å². The predicted molar refractivity (Wildman–Crippen MR) is 78.4 cm³/mol. The van der Waals surface area contributed by atoms with Gasteiger partial charge in [-0.3, -0.25) is 0 Å². The second kappa shape index (κ2) is 4.71. The van der Waals surface area contributed by atoms with Gasteiger partial charge in [0.15, 0.2) is 0 Å². The van der Waals surface area contributed by atoms with E-state index in [2.05, 4.69) is 52.3 Å². The van der Waals surface area contributed by atoms with Gasteiger partial charge in [-0.2, -0.15) is 0 Å². The van der Waals surface area contributed by atoms with Gasteiger partial charge in [0.2, 0.25) is 0 Å². The lowest BCUT2D eigenvalue weighted by Crippen LogP contribution is -2.08. The van der Waals surface area contributed by atoms with Crippen molar-refractivity contribution in [2.24, 2.45) is 0 Å². The van der Waals surface area contributed by atoms with Gasteiger partial charge in [-0.05, 0) is 34.4 Å². The number of rotatable bonds is 1. The summed E-state index contributed by atoms with van der Waals surface area (Å²) in [5.41, 5.74) is 4.72. The number of fused-ring (bicyclic) bond motifs is 2. The van der Waals surface area contributed by atoms with Crippen molar-refractivity contribution in [2.75, 3.05) is 6.61 Å². The van der Waals surface area contributed by atoms with Crippen LogP contribution in [0.5, 0.6) is 0 Å². The minimum atomic E-state index is 0.0549. The summed E-state index contributed by atoms with van der Waals surface area (Å²) < 4.78 is 1.06. The van der Waals surface area contributed by atoms with Gasteiger partial charge in [-0.25, -0.2) is 0 Å². The molecule has 0 saturated carbocycles. The van der Waals surface area contributed by atoms with Crippen molar-refractivity contribution in [2.45, 2.75) is 5.92 Å². The van der Waals surface area contributed by atoms with Crippen molar-refractivity contribution in [1.29, 1.82) is 0 Å². The summed E-state index contributed by atoms with van der Waals surface area (Å²) in [6, 6.07) is 14.5. The first kappa shape index (κ1) is 11.7. The number of benzene rings is 2. The summed E-state index contributed by atoms with van der Waals surface area (Å²) in [4.78, 5) is 0. The summed E-state index contributed by atoms with van der Waals surface area (Å²) in [6.07, 6.45) is 4.24. The highest BCUT2D eigenvalue weighted by molar-refractivity contribution is 9.10. The monoisotopic (exact) mass is 300 g/mol. The highest BCUT2D eigenvalue weighted by Crippen LogP contribution is 2.35. The maximum atomic E-state index is 9.74. The summed E-state index contributed by atoms with van der Waals surface area (Å²) in [5, 5.41) is 9.74. The second-order valence-electron chi connectivity index (χ2n) is 4.47. The minimum absolute atomic E-state index is 0.0549. The molecule has 2 aromatic carbocycles. The Labute approximate surface area is 115 Å². The lowest BCUT2D eigenvalue weighted by atomic mass is 9.88. The van der Waals surface area contributed by atoms with Crippen LogP contribution in [0, 0.1) is 0 Å². The molecule has 0 bridgehead atoms. The largest absolute Gasteiger partial charge is 0.395 e. The lowest BCUT2D eigenvalue weighted by molar-refractivity contribution is 0.280. The van der Waals surface area contributed by atoms with Gasteiger partial charge in [-0.1, -0.05) is 58.4 Å². The molecule has 2 aromatic rings. The van der Waals surface area contributed by atoms with Crippen LogP contribution in [-0.2, 0) is 0 Å². The van der Waals surface area contributed by atoms with Gasteiger partial charge in [0, 0.05) is 10.4 Å². The molecule has 1 unspecified atom stereocenters. The van der Waals surface area contributed by atoms with E-state index in [9.17, 15) is 5.11 Å². The Morgan fingerprint density at radius 1 is 0.944 bits per heavy atom. The Morgan fingerprint density at radius 2 is 1.67 bits per heavy atom.